The Morgan fingerprint density at radius 3 is 2.25 bits per heavy atom. The van der Waals surface area contributed by atoms with Crippen LogP contribution in [0.5, 0.6) is 0 Å². The molecule has 1 saturated carbocycles. The third-order valence-corrected chi connectivity index (χ3v) is 6.59. The molecule has 2 aromatic rings. The molecule has 0 atom stereocenters. The molecule has 7 nitrogen and oxygen atoms in total. The van der Waals surface area contributed by atoms with Crippen LogP contribution in [-0.4, -0.2) is 47.3 Å². The second-order valence-corrected chi connectivity index (χ2v) is 8.39. The van der Waals surface area contributed by atoms with Crippen LogP contribution in [-0.2, 0) is 27.7 Å². The first kappa shape index (κ1) is 21.1. The van der Waals surface area contributed by atoms with Crippen molar-refractivity contribution in [3.8, 4) is 0 Å². The van der Waals surface area contributed by atoms with Crippen molar-refractivity contribution in [2.45, 2.75) is 43.9 Å². The quantitative estimate of drug-likeness (QED) is 0.776. The molecule has 1 spiro atoms. The fraction of sp³-hybridized carbons (Fsp3) is 0.500. The van der Waals surface area contributed by atoms with E-state index in [0.29, 0.717) is 44.6 Å². The number of nitrogens with zero attached hydrogens (tertiary/aromatic N) is 4. The van der Waals surface area contributed by atoms with E-state index in [2.05, 4.69) is 14.9 Å². The van der Waals surface area contributed by atoms with Crippen LogP contribution in [0.1, 0.15) is 42.8 Å². The van der Waals surface area contributed by atoms with E-state index in [1.54, 1.807) is 12.1 Å². The average molecular weight is 448 g/mol. The molecule has 1 aromatic carbocycles. The molecule has 1 amide bonds. The summed E-state index contributed by atoms with van der Waals surface area (Å²) in [7, 11) is 0. The summed E-state index contributed by atoms with van der Waals surface area (Å²) in [5, 5.41) is 9.51. The number of anilines is 3. The third kappa shape index (κ3) is 3.24. The number of halogens is 3. The summed E-state index contributed by atoms with van der Waals surface area (Å²) in [5.74, 6) is -0.824. The van der Waals surface area contributed by atoms with Crippen molar-refractivity contribution >= 4 is 23.1 Å². The van der Waals surface area contributed by atoms with Gasteiger partial charge in [0, 0.05) is 24.3 Å². The zero-order chi connectivity index (χ0) is 22.5. The number of carbonyl (C=O) groups is 1. The number of morpholine rings is 1. The predicted octanol–water partition coefficient (Wildman–Crippen LogP) is 3.31. The summed E-state index contributed by atoms with van der Waals surface area (Å²) in [6, 6.07) is 7.17. The SMILES string of the molecule is O=C1N(c2ccc(N3CCOCC3)cc2)c2nc(CO)nc(C(F)(F)F)c2C12CCCC2. The van der Waals surface area contributed by atoms with Crippen molar-refractivity contribution < 1.29 is 27.8 Å². The average Bonchev–Trinajstić information content (AvgIpc) is 3.38. The van der Waals surface area contributed by atoms with Gasteiger partial charge in [-0.2, -0.15) is 13.2 Å². The number of carbonyl (C=O) groups excluding carboxylic acids is 1. The van der Waals surface area contributed by atoms with Crippen LogP contribution >= 0.6 is 0 Å². The van der Waals surface area contributed by atoms with Crippen LogP contribution in [0.3, 0.4) is 0 Å². The standard InChI is InChI=1S/C22H23F3N4O3/c23-22(24,25)18-17-19(27-16(13-30)26-18)29(20(31)21(17)7-1-2-8-21)15-5-3-14(4-6-15)28-9-11-32-12-10-28/h3-6,30H,1-2,7-13H2. The highest BCUT2D eigenvalue weighted by atomic mass is 19.4. The van der Waals surface area contributed by atoms with Crippen LogP contribution in [0.2, 0.25) is 0 Å². The molecule has 1 saturated heterocycles. The maximum Gasteiger partial charge on any atom is 0.433 e. The molecule has 5 rings (SSSR count). The van der Waals surface area contributed by atoms with Gasteiger partial charge in [0.15, 0.2) is 11.5 Å². The van der Waals surface area contributed by atoms with E-state index in [1.165, 1.54) is 4.90 Å². The molecule has 170 valence electrons. The van der Waals surface area contributed by atoms with Crippen LogP contribution in [0.4, 0.5) is 30.4 Å². The molecule has 10 heteroatoms. The highest BCUT2D eigenvalue weighted by Crippen LogP contribution is 2.55. The van der Waals surface area contributed by atoms with Gasteiger partial charge in [0.2, 0.25) is 5.91 Å². The number of rotatable bonds is 3. The largest absolute Gasteiger partial charge is 0.433 e. The van der Waals surface area contributed by atoms with Gasteiger partial charge in [-0.15, -0.1) is 0 Å². The molecule has 0 radical (unpaired) electrons. The number of fused-ring (bicyclic) bond motifs is 2. The molecule has 3 aliphatic rings. The predicted molar refractivity (Wildman–Crippen MR) is 110 cm³/mol. The zero-order valence-corrected chi connectivity index (χ0v) is 17.4. The molecule has 2 aliphatic heterocycles. The number of aliphatic hydroxyl groups excluding tert-OH is 1. The normalized spacial score (nSPS) is 20.3. The van der Waals surface area contributed by atoms with Gasteiger partial charge in [-0.3, -0.25) is 9.69 Å². The zero-order valence-electron chi connectivity index (χ0n) is 17.4. The fourth-order valence-electron chi connectivity index (χ4n) is 5.11. The lowest BCUT2D eigenvalue weighted by molar-refractivity contribution is -0.142. The molecule has 1 aliphatic carbocycles. The van der Waals surface area contributed by atoms with E-state index in [-0.39, 0.29) is 17.2 Å². The van der Waals surface area contributed by atoms with Gasteiger partial charge in [-0.05, 0) is 37.1 Å². The number of amides is 1. The molecular formula is C22H23F3N4O3. The Morgan fingerprint density at radius 2 is 1.66 bits per heavy atom. The first-order valence-electron chi connectivity index (χ1n) is 10.7. The van der Waals surface area contributed by atoms with E-state index < -0.39 is 29.8 Å². The number of benzene rings is 1. The molecule has 2 fully saturated rings. The van der Waals surface area contributed by atoms with Gasteiger partial charge in [-0.1, -0.05) is 12.8 Å². The lowest BCUT2D eigenvalue weighted by Gasteiger charge is -2.29. The lowest BCUT2D eigenvalue weighted by Crippen LogP contribution is -2.37. The molecule has 0 unspecified atom stereocenters. The summed E-state index contributed by atoms with van der Waals surface area (Å²) < 4.78 is 47.4. The van der Waals surface area contributed by atoms with E-state index in [0.717, 1.165) is 18.8 Å². The summed E-state index contributed by atoms with van der Waals surface area (Å²) in [6.07, 6.45) is -2.79. The van der Waals surface area contributed by atoms with Gasteiger partial charge in [0.25, 0.3) is 0 Å². The number of alkyl halides is 3. The van der Waals surface area contributed by atoms with Crippen molar-refractivity contribution in [3.05, 3.63) is 41.3 Å². The summed E-state index contributed by atoms with van der Waals surface area (Å²) in [4.78, 5) is 24.9. The Hall–Kier alpha value is -2.72. The smallest absolute Gasteiger partial charge is 0.388 e. The lowest BCUT2D eigenvalue weighted by atomic mass is 9.79. The Balaban J connectivity index is 1.63. The van der Waals surface area contributed by atoms with Gasteiger partial charge in [0.1, 0.15) is 12.4 Å². The van der Waals surface area contributed by atoms with Crippen molar-refractivity contribution in [1.82, 2.24) is 9.97 Å². The number of hydrogen-bond acceptors (Lipinski definition) is 6. The second kappa shape index (κ2) is 7.70. The molecule has 0 bridgehead atoms. The number of aromatic nitrogens is 2. The van der Waals surface area contributed by atoms with Gasteiger partial charge in [0.05, 0.1) is 24.3 Å². The third-order valence-electron chi connectivity index (χ3n) is 6.59. The minimum absolute atomic E-state index is 0.0672. The minimum Gasteiger partial charge on any atom is -0.388 e. The highest BCUT2D eigenvalue weighted by molar-refractivity contribution is 6.12. The summed E-state index contributed by atoms with van der Waals surface area (Å²) in [5.41, 5.74) is -1.14. The molecule has 32 heavy (non-hydrogen) atoms. The van der Waals surface area contributed by atoms with Crippen molar-refractivity contribution in [3.63, 3.8) is 0 Å². The van der Waals surface area contributed by atoms with Crippen molar-refractivity contribution in [1.29, 1.82) is 0 Å². The Kier molecular flexibility index (Phi) is 5.09. The topological polar surface area (TPSA) is 78.8 Å². The van der Waals surface area contributed by atoms with E-state index in [9.17, 15) is 23.1 Å². The first-order valence-corrected chi connectivity index (χ1v) is 10.7. The number of hydrogen-bond donors (Lipinski definition) is 1. The summed E-state index contributed by atoms with van der Waals surface area (Å²) >= 11 is 0. The van der Waals surface area contributed by atoms with Gasteiger partial charge in [-0.25, -0.2) is 9.97 Å². The van der Waals surface area contributed by atoms with Crippen LogP contribution in [0.15, 0.2) is 24.3 Å². The van der Waals surface area contributed by atoms with Gasteiger partial charge < -0.3 is 14.7 Å². The maximum atomic E-state index is 14.0. The molecule has 3 heterocycles. The van der Waals surface area contributed by atoms with Crippen molar-refractivity contribution in [2.75, 3.05) is 36.1 Å². The monoisotopic (exact) mass is 448 g/mol. The first-order chi connectivity index (χ1) is 15.3. The van der Waals surface area contributed by atoms with Crippen LogP contribution < -0.4 is 9.80 Å². The number of aliphatic hydroxyl groups is 1. The van der Waals surface area contributed by atoms with E-state index in [4.69, 9.17) is 4.74 Å². The second-order valence-electron chi connectivity index (χ2n) is 8.39. The van der Waals surface area contributed by atoms with E-state index >= 15 is 0 Å². The minimum atomic E-state index is -4.76. The highest BCUT2D eigenvalue weighted by Gasteiger charge is 2.58. The molecule has 1 aromatic heterocycles. The van der Waals surface area contributed by atoms with Crippen LogP contribution in [0, 0.1) is 0 Å². The maximum absolute atomic E-state index is 14.0. The fourth-order valence-corrected chi connectivity index (χ4v) is 5.11. The Bertz CT molecular complexity index is 1030. The van der Waals surface area contributed by atoms with Crippen molar-refractivity contribution in [2.24, 2.45) is 0 Å². The Labute approximate surface area is 182 Å². The molecule has 1 N–H and O–H groups in total. The number of ether oxygens (including phenoxy) is 1. The van der Waals surface area contributed by atoms with Crippen LogP contribution in [0.25, 0.3) is 0 Å². The Morgan fingerprint density at radius 1 is 1.03 bits per heavy atom. The molecular weight excluding hydrogens is 425 g/mol. The summed E-state index contributed by atoms with van der Waals surface area (Å²) in [6.45, 7) is 2.00. The van der Waals surface area contributed by atoms with E-state index in [1.807, 2.05) is 12.1 Å². The van der Waals surface area contributed by atoms with Gasteiger partial charge >= 0.3 is 6.18 Å².